The number of ether oxygens (including phenoxy) is 1. The highest BCUT2D eigenvalue weighted by Crippen LogP contribution is 2.31. The van der Waals surface area contributed by atoms with Crippen LogP contribution in [0.1, 0.15) is 17.5 Å². The molecule has 144 valence electrons. The highest BCUT2D eigenvalue weighted by atomic mass is 35.5. The van der Waals surface area contributed by atoms with Crippen LogP contribution in [0.3, 0.4) is 0 Å². The van der Waals surface area contributed by atoms with Crippen LogP contribution in [0, 0.1) is 6.92 Å². The van der Waals surface area contributed by atoms with Crippen LogP contribution in [0.4, 0.5) is 5.69 Å². The Bertz CT molecular complexity index is 798. The van der Waals surface area contributed by atoms with Crippen LogP contribution in [0.15, 0.2) is 42.5 Å². The van der Waals surface area contributed by atoms with E-state index in [9.17, 15) is 14.7 Å². The van der Waals surface area contributed by atoms with Crippen LogP contribution in [-0.2, 0) is 16.0 Å². The summed E-state index contributed by atoms with van der Waals surface area (Å²) in [5, 5.41) is 12.1. The van der Waals surface area contributed by atoms with Gasteiger partial charge in [0.15, 0.2) is 0 Å². The summed E-state index contributed by atoms with van der Waals surface area (Å²) in [5.74, 6) is -0.700. The van der Waals surface area contributed by atoms with Crippen molar-refractivity contribution in [3.63, 3.8) is 0 Å². The van der Waals surface area contributed by atoms with Gasteiger partial charge in [-0.3, -0.25) is 9.59 Å². The van der Waals surface area contributed by atoms with E-state index < -0.39 is 11.2 Å². The molecule has 2 rings (SSSR count). The maximum atomic E-state index is 12.3. The summed E-state index contributed by atoms with van der Waals surface area (Å²) < 4.78 is 5.23. The van der Waals surface area contributed by atoms with Gasteiger partial charge in [0, 0.05) is 11.1 Å². The van der Waals surface area contributed by atoms with Gasteiger partial charge in [-0.25, -0.2) is 0 Å². The first-order valence-electron chi connectivity index (χ1n) is 8.43. The van der Waals surface area contributed by atoms with Gasteiger partial charge in [-0.15, -0.1) is 11.8 Å². The first-order chi connectivity index (χ1) is 12.9. The monoisotopic (exact) mass is 407 g/mol. The molecule has 2 N–H and O–H groups in total. The van der Waals surface area contributed by atoms with E-state index in [1.807, 2.05) is 37.3 Å². The normalized spacial score (nSPS) is 11.7. The number of aliphatic carboxylic acids is 1. The zero-order chi connectivity index (χ0) is 19.8. The molecule has 2 aromatic rings. The molecule has 0 radical (unpaired) electrons. The van der Waals surface area contributed by atoms with Crippen molar-refractivity contribution in [1.29, 1.82) is 0 Å². The fraction of sp³-hybridized carbons (Fsp3) is 0.300. The number of thioether (sulfide) groups is 1. The average Bonchev–Trinajstić information content (AvgIpc) is 2.65. The molecule has 27 heavy (non-hydrogen) atoms. The third kappa shape index (κ3) is 6.48. The molecule has 0 bridgehead atoms. The van der Waals surface area contributed by atoms with Crippen LogP contribution in [0.25, 0.3) is 0 Å². The SMILES string of the molecule is COc1cc(Cl)c(C)cc1NC(=O)CSC(CCc1ccccc1)C(=O)O. The molecule has 1 amide bonds. The summed E-state index contributed by atoms with van der Waals surface area (Å²) >= 11 is 7.18. The number of benzene rings is 2. The van der Waals surface area contributed by atoms with E-state index in [4.69, 9.17) is 16.3 Å². The van der Waals surface area contributed by atoms with E-state index in [-0.39, 0.29) is 11.7 Å². The Morgan fingerprint density at radius 1 is 1.26 bits per heavy atom. The van der Waals surface area contributed by atoms with E-state index in [0.29, 0.717) is 29.3 Å². The number of carbonyl (C=O) groups is 2. The Hall–Kier alpha value is -2.18. The summed E-state index contributed by atoms with van der Waals surface area (Å²) in [6, 6.07) is 13.1. The number of carboxylic acid groups (broad SMARTS) is 1. The van der Waals surface area contributed by atoms with Crippen molar-refractivity contribution < 1.29 is 19.4 Å². The summed E-state index contributed by atoms with van der Waals surface area (Å²) in [5.41, 5.74) is 2.41. The topological polar surface area (TPSA) is 75.6 Å². The third-order valence-electron chi connectivity index (χ3n) is 3.98. The minimum absolute atomic E-state index is 0.0383. The Morgan fingerprint density at radius 3 is 2.59 bits per heavy atom. The van der Waals surface area contributed by atoms with Crippen LogP contribution in [0.5, 0.6) is 5.75 Å². The van der Waals surface area contributed by atoms with Crippen molar-refractivity contribution in [2.24, 2.45) is 0 Å². The first-order valence-corrected chi connectivity index (χ1v) is 9.85. The number of amides is 1. The number of anilines is 1. The van der Waals surface area contributed by atoms with E-state index in [1.54, 1.807) is 12.1 Å². The number of carbonyl (C=O) groups excluding carboxylic acids is 1. The Labute approximate surface area is 168 Å². The molecule has 5 nitrogen and oxygen atoms in total. The van der Waals surface area contributed by atoms with Gasteiger partial charge in [0.05, 0.1) is 18.6 Å². The first kappa shape index (κ1) is 21.1. The van der Waals surface area contributed by atoms with Gasteiger partial charge in [-0.05, 0) is 37.0 Å². The molecule has 0 heterocycles. The molecule has 7 heteroatoms. The lowest BCUT2D eigenvalue weighted by molar-refractivity contribution is -0.136. The largest absolute Gasteiger partial charge is 0.495 e. The Morgan fingerprint density at radius 2 is 1.96 bits per heavy atom. The molecule has 0 aliphatic heterocycles. The molecule has 0 spiro atoms. The van der Waals surface area contributed by atoms with Crippen LogP contribution >= 0.6 is 23.4 Å². The predicted octanol–water partition coefficient (Wildman–Crippen LogP) is 4.41. The molecule has 0 aliphatic rings. The number of rotatable bonds is 9. The summed E-state index contributed by atoms with van der Waals surface area (Å²) in [7, 11) is 1.50. The van der Waals surface area contributed by atoms with Gasteiger partial charge < -0.3 is 15.2 Å². The quantitative estimate of drug-likeness (QED) is 0.643. The maximum absolute atomic E-state index is 12.3. The molecule has 2 aromatic carbocycles. The van der Waals surface area contributed by atoms with E-state index in [1.165, 1.54) is 7.11 Å². The number of aryl methyl sites for hydroxylation is 2. The minimum atomic E-state index is -0.913. The van der Waals surface area contributed by atoms with Gasteiger partial charge in [0.2, 0.25) is 5.91 Å². The maximum Gasteiger partial charge on any atom is 0.316 e. The Balaban J connectivity index is 1.92. The van der Waals surface area contributed by atoms with Gasteiger partial charge in [0.25, 0.3) is 0 Å². The lowest BCUT2D eigenvalue weighted by Crippen LogP contribution is -2.22. The standard InChI is InChI=1S/C20H22ClNO4S/c1-13-10-16(17(26-2)11-15(13)21)22-19(23)12-27-18(20(24)25)9-8-14-6-4-3-5-7-14/h3-7,10-11,18H,8-9,12H2,1-2H3,(H,22,23)(H,24,25). The molecule has 0 fully saturated rings. The van der Waals surface area contributed by atoms with E-state index >= 15 is 0 Å². The summed E-state index contributed by atoms with van der Waals surface area (Å²) in [6.45, 7) is 1.83. The highest BCUT2D eigenvalue weighted by Gasteiger charge is 2.20. The van der Waals surface area contributed by atoms with Gasteiger partial charge in [-0.2, -0.15) is 0 Å². The molecule has 0 aromatic heterocycles. The number of hydrogen-bond acceptors (Lipinski definition) is 4. The highest BCUT2D eigenvalue weighted by molar-refractivity contribution is 8.01. The Kier molecular flexibility index (Phi) is 8.00. The van der Waals surface area contributed by atoms with Crippen molar-refractivity contribution in [2.75, 3.05) is 18.2 Å². The lowest BCUT2D eigenvalue weighted by atomic mass is 10.1. The van der Waals surface area contributed by atoms with Gasteiger partial charge >= 0.3 is 5.97 Å². The molecule has 0 saturated heterocycles. The number of halogens is 1. The molecule has 0 saturated carbocycles. The molecule has 1 unspecified atom stereocenters. The molecule has 0 aliphatic carbocycles. The second-order valence-corrected chi connectivity index (χ2v) is 7.61. The number of hydrogen-bond donors (Lipinski definition) is 2. The van der Waals surface area contributed by atoms with E-state index in [0.717, 1.165) is 22.9 Å². The average molecular weight is 408 g/mol. The number of methoxy groups -OCH3 is 1. The van der Waals surface area contributed by atoms with Crippen LogP contribution in [-0.4, -0.2) is 35.1 Å². The van der Waals surface area contributed by atoms with Crippen molar-refractivity contribution in [1.82, 2.24) is 0 Å². The molecule has 1 atom stereocenters. The summed E-state index contributed by atoms with van der Waals surface area (Å²) in [4.78, 5) is 23.8. The smallest absolute Gasteiger partial charge is 0.316 e. The second kappa shape index (κ2) is 10.2. The fourth-order valence-corrected chi connectivity index (χ4v) is 3.52. The van der Waals surface area contributed by atoms with Gasteiger partial charge in [0.1, 0.15) is 11.0 Å². The fourth-order valence-electron chi connectivity index (χ4n) is 2.51. The lowest BCUT2D eigenvalue weighted by Gasteiger charge is -2.14. The van der Waals surface area contributed by atoms with Crippen LogP contribution < -0.4 is 10.1 Å². The van der Waals surface area contributed by atoms with Crippen molar-refractivity contribution in [2.45, 2.75) is 25.0 Å². The third-order valence-corrected chi connectivity index (χ3v) is 5.66. The van der Waals surface area contributed by atoms with Crippen molar-refractivity contribution >= 4 is 40.9 Å². The predicted molar refractivity (Wildman–Crippen MR) is 110 cm³/mol. The zero-order valence-corrected chi connectivity index (χ0v) is 16.8. The summed E-state index contributed by atoms with van der Waals surface area (Å²) in [6.07, 6.45) is 1.11. The number of carboxylic acids is 1. The van der Waals surface area contributed by atoms with E-state index in [2.05, 4.69) is 5.32 Å². The minimum Gasteiger partial charge on any atom is -0.495 e. The van der Waals surface area contributed by atoms with Crippen molar-refractivity contribution in [3.8, 4) is 5.75 Å². The second-order valence-electron chi connectivity index (χ2n) is 6.01. The molecular formula is C20H22ClNO4S. The molecular weight excluding hydrogens is 386 g/mol. The van der Waals surface area contributed by atoms with Gasteiger partial charge in [-0.1, -0.05) is 41.9 Å². The zero-order valence-electron chi connectivity index (χ0n) is 15.2. The van der Waals surface area contributed by atoms with Crippen molar-refractivity contribution in [3.05, 3.63) is 58.6 Å². The number of nitrogens with one attached hydrogen (secondary N) is 1. The van der Waals surface area contributed by atoms with Crippen LogP contribution in [0.2, 0.25) is 5.02 Å².